The van der Waals surface area contributed by atoms with Crippen LogP contribution in [0.4, 0.5) is 0 Å². The van der Waals surface area contributed by atoms with Crippen LogP contribution in [0.5, 0.6) is 11.5 Å². The highest BCUT2D eigenvalue weighted by molar-refractivity contribution is 5.50. The molecule has 1 heterocycles. The van der Waals surface area contributed by atoms with Crippen LogP contribution in [-0.4, -0.2) is 18.8 Å². The van der Waals surface area contributed by atoms with E-state index in [9.17, 15) is 5.11 Å². The number of rotatable bonds is 2. The molecule has 2 rings (SSSR count). The number of benzene rings is 1. The Morgan fingerprint density at radius 2 is 2.27 bits per heavy atom. The number of methoxy groups -OCH3 is 1. The van der Waals surface area contributed by atoms with Crippen molar-refractivity contribution in [2.45, 2.75) is 25.8 Å². The van der Waals surface area contributed by atoms with Gasteiger partial charge in [-0.3, -0.25) is 0 Å². The first-order valence-corrected chi connectivity index (χ1v) is 5.34. The van der Waals surface area contributed by atoms with E-state index in [1.54, 1.807) is 7.11 Å². The summed E-state index contributed by atoms with van der Waals surface area (Å²) in [5, 5.41) is 13.4. The number of hydrogen-bond acceptors (Lipinski definition) is 3. The lowest BCUT2D eigenvalue weighted by Crippen LogP contribution is -2.14. The molecule has 1 atom stereocenters. The van der Waals surface area contributed by atoms with Crippen LogP contribution in [0.2, 0.25) is 0 Å². The maximum atomic E-state index is 10.0. The largest absolute Gasteiger partial charge is 0.507 e. The van der Waals surface area contributed by atoms with Crippen LogP contribution in [-0.2, 0) is 0 Å². The van der Waals surface area contributed by atoms with Crippen molar-refractivity contribution in [1.29, 1.82) is 0 Å². The number of aryl methyl sites for hydroxylation is 1. The first-order chi connectivity index (χ1) is 7.24. The summed E-state index contributed by atoms with van der Waals surface area (Å²) in [6.07, 6.45) is 2.22. The quantitative estimate of drug-likeness (QED) is 0.780. The second-order valence-corrected chi connectivity index (χ2v) is 4.00. The Morgan fingerprint density at radius 3 is 2.87 bits per heavy atom. The molecule has 15 heavy (non-hydrogen) atoms. The molecule has 1 aliphatic rings. The average molecular weight is 207 g/mol. The monoisotopic (exact) mass is 207 g/mol. The minimum Gasteiger partial charge on any atom is -0.507 e. The number of nitrogens with one attached hydrogen (secondary N) is 1. The molecule has 0 spiro atoms. The van der Waals surface area contributed by atoms with Gasteiger partial charge in [-0.25, -0.2) is 0 Å². The highest BCUT2D eigenvalue weighted by Gasteiger charge is 2.23. The fraction of sp³-hybridized carbons (Fsp3) is 0.500. The third-order valence-corrected chi connectivity index (χ3v) is 3.01. The van der Waals surface area contributed by atoms with Crippen molar-refractivity contribution in [3.05, 3.63) is 23.3 Å². The lowest BCUT2D eigenvalue weighted by Gasteiger charge is -2.17. The Morgan fingerprint density at radius 1 is 1.47 bits per heavy atom. The molecule has 0 radical (unpaired) electrons. The predicted molar refractivity (Wildman–Crippen MR) is 59.4 cm³/mol. The van der Waals surface area contributed by atoms with Crippen LogP contribution in [0, 0.1) is 6.92 Å². The van der Waals surface area contributed by atoms with Gasteiger partial charge in [0.25, 0.3) is 0 Å². The van der Waals surface area contributed by atoms with Crippen LogP contribution >= 0.6 is 0 Å². The fourth-order valence-corrected chi connectivity index (χ4v) is 2.14. The summed E-state index contributed by atoms with van der Waals surface area (Å²) in [5.41, 5.74) is 1.81. The van der Waals surface area contributed by atoms with Crippen LogP contribution in [0.1, 0.15) is 30.0 Å². The van der Waals surface area contributed by atoms with E-state index in [-0.39, 0.29) is 6.04 Å². The van der Waals surface area contributed by atoms with Gasteiger partial charge >= 0.3 is 0 Å². The van der Waals surface area contributed by atoms with E-state index in [0.717, 1.165) is 36.3 Å². The summed E-state index contributed by atoms with van der Waals surface area (Å²) in [4.78, 5) is 0. The summed E-state index contributed by atoms with van der Waals surface area (Å²) < 4.78 is 5.29. The normalized spacial score (nSPS) is 20.5. The summed E-state index contributed by atoms with van der Waals surface area (Å²) in [5.74, 6) is 1.14. The van der Waals surface area contributed by atoms with Gasteiger partial charge in [0.05, 0.1) is 12.7 Å². The van der Waals surface area contributed by atoms with Gasteiger partial charge in [0, 0.05) is 6.04 Å². The van der Waals surface area contributed by atoms with Crippen molar-refractivity contribution in [3.8, 4) is 11.5 Å². The molecular formula is C12H17NO2. The highest BCUT2D eigenvalue weighted by Crippen LogP contribution is 2.39. The van der Waals surface area contributed by atoms with Gasteiger partial charge in [0.15, 0.2) is 0 Å². The Kier molecular flexibility index (Phi) is 2.82. The van der Waals surface area contributed by atoms with Crippen LogP contribution in [0.25, 0.3) is 0 Å². The maximum Gasteiger partial charge on any atom is 0.127 e. The van der Waals surface area contributed by atoms with Gasteiger partial charge in [0.2, 0.25) is 0 Å². The smallest absolute Gasteiger partial charge is 0.127 e. The molecule has 2 N–H and O–H groups in total. The Hall–Kier alpha value is -1.22. The van der Waals surface area contributed by atoms with Gasteiger partial charge in [0.1, 0.15) is 11.5 Å². The summed E-state index contributed by atoms with van der Waals surface area (Å²) >= 11 is 0. The van der Waals surface area contributed by atoms with Crippen molar-refractivity contribution < 1.29 is 9.84 Å². The lowest BCUT2D eigenvalue weighted by atomic mass is 10.00. The van der Waals surface area contributed by atoms with Crippen LogP contribution < -0.4 is 10.1 Å². The molecule has 1 fully saturated rings. The molecule has 82 valence electrons. The van der Waals surface area contributed by atoms with Crippen molar-refractivity contribution >= 4 is 0 Å². The zero-order chi connectivity index (χ0) is 10.8. The molecule has 3 heteroatoms. The van der Waals surface area contributed by atoms with Gasteiger partial charge in [-0.1, -0.05) is 6.07 Å². The minimum atomic E-state index is 0.236. The number of phenolic OH excluding ortho intramolecular Hbond substituents is 1. The molecule has 1 aliphatic heterocycles. The lowest BCUT2D eigenvalue weighted by molar-refractivity contribution is 0.389. The number of hydrogen-bond donors (Lipinski definition) is 2. The molecule has 0 saturated carbocycles. The van der Waals surface area contributed by atoms with Gasteiger partial charge in [-0.2, -0.15) is 0 Å². The molecule has 3 nitrogen and oxygen atoms in total. The Labute approximate surface area is 90.1 Å². The third-order valence-electron chi connectivity index (χ3n) is 3.01. The zero-order valence-electron chi connectivity index (χ0n) is 9.21. The van der Waals surface area contributed by atoms with Crippen LogP contribution in [0.3, 0.4) is 0 Å². The van der Waals surface area contributed by atoms with E-state index in [1.807, 2.05) is 19.1 Å². The van der Waals surface area contributed by atoms with Crippen molar-refractivity contribution in [2.75, 3.05) is 13.7 Å². The molecule has 0 amide bonds. The maximum absolute atomic E-state index is 10.0. The summed E-state index contributed by atoms with van der Waals surface area (Å²) in [6.45, 7) is 2.93. The second kappa shape index (κ2) is 4.11. The van der Waals surface area contributed by atoms with Gasteiger partial charge < -0.3 is 15.2 Å². The molecule has 1 aromatic rings. The molecule has 1 aromatic carbocycles. The van der Waals surface area contributed by atoms with Crippen LogP contribution in [0.15, 0.2) is 12.1 Å². The van der Waals surface area contributed by atoms with Gasteiger partial charge in [-0.05, 0) is 37.9 Å². The number of aromatic hydroxyl groups is 1. The van der Waals surface area contributed by atoms with Gasteiger partial charge in [-0.15, -0.1) is 0 Å². The van der Waals surface area contributed by atoms with E-state index >= 15 is 0 Å². The molecule has 1 unspecified atom stereocenters. The summed E-state index contributed by atoms with van der Waals surface area (Å²) in [7, 11) is 1.64. The Balaban J connectivity index is 2.45. The highest BCUT2D eigenvalue weighted by atomic mass is 16.5. The third kappa shape index (κ3) is 1.79. The molecular weight excluding hydrogens is 190 g/mol. The standard InChI is InChI=1S/C12H17NO2/c1-8-5-6-10(15-2)11(12(8)14)9-4-3-7-13-9/h5-6,9,13-14H,3-4,7H2,1-2H3. The van der Waals surface area contributed by atoms with E-state index < -0.39 is 0 Å². The molecule has 0 aliphatic carbocycles. The summed E-state index contributed by atoms with van der Waals surface area (Å²) in [6, 6.07) is 4.04. The van der Waals surface area contributed by atoms with Crippen molar-refractivity contribution in [1.82, 2.24) is 5.32 Å². The van der Waals surface area contributed by atoms with Crippen molar-refractivity contribution in [2.24, 2.45) is 0 Å². The molecule has 0 aromatic heterocycles. The zero-order valence-corrected chi connectivity index (χ0v) is 9.21. The number of ether oxygens (including phenoxy) is 1. The Bertz CT molecular complexity index is 357. The van der Waals surface area contributed by atoms with E-state index in [0.29, 0.717) is 5.75 Å². The first kappa shape index (κ1) is 10.3. The fourth-order valence-electron chi connectivity index (χ4n) is 2.14. The van der Waals surface area contributed by atoms with E-state index in [4.69, 9.17) is 4.74 Å². The molecule has 1 saturated heterocycles. The number of phenols is 1. The predicted octanol–water partition coefficient (Wildman–Crippen LogP) is 2.13. The second-order valence-electron chi connectivity index (χ2n) is 4.00. The van der Waals surface area contributed by atoms with Crippen molar-refractivity contribution in [3.63, 3.8) is 0 Å². The van der Waals surface area contributed by atoms with E-state index in [1.165, 1.54) is 0 Å². The molecule has 0 bridgehead atoms. The first-order valence-electron chi connectivity index (χ1n) is 5.34. The average Bonchev–Trinajstić information content (AvgIpc) is 2.75. The topological polar surface area (TPSA) is 41.5 Å². The SMILES string of the molecule is COc1ccc(C)c(O)c1C1CCCN1. The minimum absolute atomic E-state index is 0.236. The van der Waals surface area contributed by atoms with E-state index in [2.05, 4.69) is 5.32 Å².